The Balaban J connectivity index is 3.69. The molecular weight excluding hydrogens is 360 g/mol. The summed E-state index contributed by atoms with van der Waals surface area (Å²) in [7, 11) is 0. The maximum Gasteiger partial charge on any atom is -0.0267 e. The van der Waals surface area contributed by atoms with E-state index in [0.717, 1.165) is 5.92 Å². The van der Waals surface area contributed by atoms with Gasteiger partial charge in [0.15, 0.2) is 0 Å². The Morgan fingerprint density at radius 3 is 1.20 bits per heavy atom. The van der Waals surface area contributed by atoms with Crippen molar-refractivity contribution in [3.8, 4) is 0 Å². The maximum atomic E-state index is 2.54. The summed E-state index contributed by atoms with van der Waals surface area (Å²) in [5.74, 6) is 2.49. The van der Waals surface area contributed by atoms with Crippen LogP contribution in [0.5, 0.6) is 0 Å². The predicted octanol–water partition coefficient (Wildman–Crippen LogP) is 11.5. The molecule has 0 bridgehead atoms. The van der Waals surface area contributed by atoms with Crippen LogP contribution < -0.4 is 0 Å². The highest BCUT2D eigenvalue weighted by molar-refractivity contribution is 4.95. The van der Waals surface area contributed by atoms with E-state index in [2.05, 4.69) is 41.5 Å². The molecule has 0 rings (SSSR count). The van der Waals surface area contributed by atoms with E-state index < -0.39 is 0 Å². The zero-order valence-electron chi connectivity index (χ0n) is 22.4. The summed E-state index contributed by atoms with van der Waals surface area (Å²) in [5, 5.41) is 0. The zero-order chi connectivity index (χ0) is 22.5. The Morgan fingerprint density at radius 2 is 0.833 bits per heavy atom. The molecule has 0 aliphatic carbocycles. The lowest BCUT2D eigenvalue weighted by Crippen LogP contribution is -2.27. The van der Waals surface area contributed by atoms with Gasteiger partial charge < -0.3 is 0 Å². The molecule has 0 aliphatic heterocycles. The Bertz CT molecular complexity index is 327. The lowest BCUT2D eigenvalue weighted by molar-refractivity contribution is 0.184. The molecule has 0 spiro atoms. The van der Waals surface area contributed by atoms with Gasteiger partial charge in [0.1, 0.15) is 0 Å². The van der Waals surface area contributed by atoms with Crippen LogP contribution in [0.2, 0.25) is 0 Å². The van der Waals surface area contributed by atoms with Crippen LogP contribution in [-0.4, -0.2) is 0 Å². The fourth-order valence-electron chi connectivity index (χ4n) is 5.36. The van der Waals surface area contributed by atoms with E-state index in [1.807, 2.05) is 0 Å². The molecule has 1 unspecified atom stereocenters. The van der Waals surface area contributed by atoms with Crippen molar-refractivity contribution >= 4 is 0 Å². The normalized spacial score (nSPS) is 13.3. The molecule has 0 nitrogen and oxygen atoms in total. The van der Waals surface area contributed by atoms with Gasteiger partial charge in [-0.05, 0) is 30.1 Å². The van der Waals surface area contributed by atoms with E-state index in [4.69, 9.17) is 0 Å². The maximum absolute atomic E-state index is 2.54. The second kappa shape index (κ2) is 20.9. The molecule has 0 N–H and O–H groups in total. The minimum Gasteiger partial charge on any atom is -0.0654 e. The highest BCUT2D eigenvalue weighted by Crippen LogP contribution is 2.41. The first-order valence-corrected chi connectivity index (χ1v) is 14.3. The summed E-state index contributed by atoms with van der Waals surface area (Å²) in [4.78, 5) is 0. The van der Waals surface area contributed by atoms with E-state index in [9.17, 15) is 0 Å². The number of hydrogen-bond acceptors (Lipinski definition) is 0. The molecule has 0 amide bonds. The third-order valence-corrected chi connectivity index (χ3v) is 7.41. The number of hydrogen-bond donors (Lipinski definition) is 0. The van der Waals surface area contributed by atoms with E-state index in [0.29, 0.717) is 5.41 Å². The van der Waals surface area contributed by atoms with Crippen molar-refractivity contribution in [1.82, 2.24) is 0 Å². The third kappa shape index (κ3) is 17.7. The molecule has 30 heavy (non-hydrogen) atoms. The quantitative estimate of drug-likeness (QED) is 0.144. The topological polar surface area (TPSA) is 0 Å². The first-order chi connectivity index (χ1) is 14.5. The third-order valence-electron chi connectivity index (χ3n) is 7.41. The Kier molecular flexibility index (Phi) is 20.9. The van der Waals surface area contributed by atoms with Crippen LogP contribution in [0.3, 0.4) is 0 Å². The molecule has 0 heteroatoms. The summed E-state index contributed by atoms with van der Waals surface area (Å²) in [6, 6.07) is 0. The molecule has 0 aromatic carbocycles. The summed E-state index contributed by atoms with van der Waals surface area (Å²) in [5.41, 5.74) is 0.488. The Labute approximate surface area is 193 Å². The lowest BCUT2D eigenvalue weighted by atomic mass is 9.68. The van der Waals surface area contributed by atoms with Gasteiger partial charge in [0, 0.05) is 0 Å². The number of rotatable bonds is 23. The zero-order valence-corrected chi connectivity index (χ0v) is 22.4. The van der Waals surface area contributed by atoms with Crippen LogP contribution in [0.25, 0.3) is 0 Å². The van der Waals surface area contributed by atoms with Crippen LogP contribution in [0.1, 0.15) is 176 Å². The average Bonchev–Trinajstić information content (AvgIpc) is 2.70. The molecule has 0 fully saturated rings. The van der Waals surface area contributed by atoms with Crippen molar-refractivity contribution in [1.29, 1.82) is 0 Å². The molecule has 0 saturated carbocycles. The van der Waals surface area contributed by atoms with Gasteiger partial charge in [-0.15, -0.1) is 0 Å². The van der Waals surface area contributed by atoms with Gasteiger partial charge >= 0.3 is 0 Å². The van der Waals surface area contributed by atoms with E-state index >= 15 is 0 Å². The Morgan fingerprint density at radius 1 is 0.500 bits per heavy atom. The summed E-state index contributed by atoms with van der Waals surface area (Å²) >= 11 is 0. The van der Waals surface area contributed by atoms with Gasteiger partial charge in [-0.1, -0.05) is 164 Å². The van der Waals surface area contributed by atoms with Crippen molar-refractivity contribution < 1.29 is 0 Å². The van der Waals surface area contributed by atoms with E-state index in [-0.39, 0.29) is 0 Å². The number of unbranched alkanes of at least 4 members (excludes halogenated alkanes) is 17. The highest BCUT2D eigenvalue weighted by atomic mass is 14.4. The van der Waals surface area contributed by atoms with Crippen LogP contribution in [-0.2, 0) is 0 Å². The van der Waals surface area contributed by atoms with E-state index in [1.165, 1.54) is 135 Å². The van der Waals surface area contributed by atoms with Gasteiger partial charge in [-0.25, -0.2) is 0 Å². The summed E-state index contributed by atoms with van der Waals surface area (Å²) in [6.45, 7) is 14.5. The van der Waals surface area contributed by atoms with Crippen molar-refractivity contribution in [2.24, 2.45) is 11.3 Å². The molecular formula is C30H61. The summed E-state index contributed by atoms with van der Waals surface area (Å²) in [6.07, 6.45) is 30.3. The molecule has 0 saturated heterocycles. The van der Waals surface area contributed by atoms with Gasteiger partial charge in [0.25, 0.3) is 0 Å². The average molecular weight is 422 g/mol. The molecule has 0 aliphatic rings. The second-order valence-corrected chi connectivity index (χ2v) is 11.2. The highest BCUT2D eigenvalue weighted by Gasteiger charge is 2.30. The minimum absolute atomic E-state index is 0.488. The molecule has 0 aromatic heterocycles. The first-order valence-electron chi connectivity index (χ1n) is 14.3. The lowest BCUT2D eigenvalue weighted by Gasteiger charge is -2.37. The molecule has 181 valence electrons. The van der Waals surface area contributed by atoms with Crippen LogP contribution >= 0.6 is 0 Å². The molecule has 1 radical (unpaired) electrons. The minimum atomic E-state index is 0.488. The predicted molar refractivity (Wildman–Crippen MR) is 140 cm³/mol. The van der Waals surface area contributed by atoms with Gasteiger partial charge in [-0.2, -0.15) is 0 Å². The fraction of sp³-hybridized carbons (Fsp3) is 0.967. The SMILES string of the molecule is CCCCCCCCCCCCCCCCC([C](C)C)C(C)(C)CCCCCCC. The molecule has 1 atom stereocenters. The fourth-order valence-corrected chi connectivity index (χ4v) is 5.36. The van der Waals surface area contributed by atoms with Crippen LogP contribution in [0.4, 0.5) is 0 Å². The van der Waals surface area contributed by atoms with Crippen LogP contribution in [0, 0.1) is 17.3 Å². The van der Waals surface area contributed by atoms with Crippen molar-refractivity contribution in [2.75, 3.05) is 0 Å². The van der Waals surface area contributed by atoms with Crippen molar-refractivity contribution in [3.63, 3.8) is 0 Å². The van der Waals surface area contributed by atoms with Gasteiger partial charge in [0.2, 0.25) is 0 Å². The van der Waals surface area contributed by atoms with Crippen LogP contribution in [0.15, 0.2) is 0 Å². The standard InChI is InChI=1S/C30H61/c1-7-9-11-13-14-15-16-17-18-19-20-21-22-24-26-29(28(3)4)30(5,6)27-25-23-12-10-8-2/h29H,7-27H2,1-6H3. The van der Waals surface area contributed by atoms with Crippen molar-refractivity contribution in [2.45, 2.75) is 176 Å². The smallest absolute Gasteiger partial charge is 0.0267 e. The second-order valence-electron chi connectivity index (χ2n) is 11.2. The Hall–Kier alpha value is 0. The molecule has 0 heterocycles. The largest absolute Gasteiger partial charge is 0.0654 e. The first kappa shape index (κ1) is 30.0. The molecule has 0 aromatic rings. The van der Waals surface area contributed by atoms with Gasteiger partial charge in [0.05, 0.1) is 0 Å². The van der Waals surface area contributed by atoms with Gasteiger partial charge in [-0.3, -0.25) is 0 Å². The van der Waals surface area contributed by atoms with Crippen molar-refractivity contribution in [3.05, 3.63) is 5.92 Å². The monoisotopic (exact) mass is 421 g/mol. The summed E-state index contributed by atoms with van der Waals surface area (Å²) < 4.78 is 0. The van der Waals surface area contributed by atoms with E-state index in [1.54, 1.807) is 5.92 Å².